The van der Waals surface area contributed by atoms with Crippen molar-refractivity contribution in [3.63, 3.8) is 0 Å². The van der Waals surface area contributed by atoms with Crippen molar-refractivity contribution in [2.45, 2.75) is 63.2 Å². The number of esters is 1. The summed E-state index contributed by atoms with van der Waals surface area (Å²) in [4.78, 5) is 38.1. The van der Waals surface area contributed by atoms with Crippen molar-refractivity contribution < 1.29 is 45.4 Å². The molecule has 2 aliphatic heterocycles. The first-order valence-corrected chi connectivity index (χ1v) is 17.2. The van der Waals surface area contributed by atoms with E-state index in [1.54, 1.807) is 26.0 Å². The Morgan fingerprint density at radius 2 is 1.11 bits per heavy atom. The lowest BCUT2D eigenvalue weighted by Crippen LogP contribution is -2.00. The minimum atomic E-state index is -4.82. The zero-order valence-corrected chi connectivity index (χ0v) is 27.7. The van der Waals surface area contributed by atoms with Crippen molar-refractivity contribution in [1.82, 2.24) is 19.9 Å². The molecular weight excluding hydrogens is 652 g/mol. The molecule has 0 atom stereocenters. The van der Waals surface area contributed by atoms with E-state index < -0.39 is 42.0 Å². The van der Waals surface area contributed by atoms with Gasteiger partial charge in [0.15, 0.2) is 0 Å². The topological polar surface area (TPSA) is 230 Å². The van der Waals surface area contributed by atoms with Gasteiger partial charge in [-0.15, -0.1) is 0 Å². The van der Waals surface area contributed by atoms with Crippen LogP contribution in [-0.4, -0.2) is 70.0 Å². The maximum Gasteiger partial charge on any atom is 0.305 e. The SMILES string of the molecule is COC(=O)CCC1=C(C)c2cc3[nH]c(cc4[nH]c(cc5nc(cc1n2)C(CCC(=O)O)=C5C)c(C)c4S(=O)(=O)O)c(C)c3S(=O)(=O)O. The van der Waals surface area contributed by atoms with Crippen LogP contribution in [-0.2, 0) is 34.6 Å². The summed E-state index contributed by atoms with van der Waals surface area (Å²) >= 11 is 0. The van der Waals surface area contributed by atoms with Crippen LogP contribution in [0.25, 0.3) is 44.4 Å². The van der Waals surface area contributed by atoms with Gasteiger partial charge >= 0.3 is 11.9 Å². The van der Waals surface area contributed by atoms with E-state index in [-0.39, 0.29) is 58.9 Å². The Hall–Kier alpha value is -4.64. The van der Waals surface area contributed by atoms with Gasteiger partial charge in [0.05, 0.1) is 40.9 Å². The first-order valence-electron chi connectivity index (χ1n) is 14.3. The number of H-pyrrole nitrogens is 2. The number of carbonyl (C=O) groups excluding carboxylic acids is 1. The van der Waals surface area contributed by atoms with Gasteiger partial charge in [0.2, 0.25) is 0 Å². The molecule has 3 aromatic heterocycles. The molecule has 5 rings (SSSR count). The van der Waals surface area contributed by atoms with Crippen molar-refractivity contribution in [2.75, 3.05) is 7.11 Å². The normalized spacial score (nSPS) is 13.8. The number of carboxylic acid groups (broad SMARTS) is 1. The molecule has 0 aliphatic carbocycles. The fourth-order valence-corrected chi connectivity index (χ4v) is 7.68. The molecule has 0 saturated carbocycles. The maximum atomic E-state index is 12.6. The second-order valence-corrected chi connectivity index (χ2v) is 14.0. The first-order chi connectivity index (χ1) is 21.9. The molecule has 16 heteroatoms. The average molecular weight is 685 g/mol. The standard InChI is InChI=1S/C31H32N4O10S2/c1-14-18(6-8-28(36)37)24-13-25-19(7-9-29(38)45-5)15(2)21(33-25)11-26-31(47(42,43)44)17(4)23(35-26)12-27-30(46(39,40)41)16(3)22(34-27)10-20(14)32-24/h10-13,34-35H,6-9H2,1-5H3,(H,36,37)(H,39,40,41)(H,42,43,44). The number of ether oxygens (including phenoxy) is 1. The smallest absolute Gasteiger partial charge is 0.305 e. The lowest BCUT2D eigenvalue weighted by Gasteiger charge is -2.05. The number of hydrogen-bond donors (Lipinski definition) is 5. The van der Waals surface area contributed by atoms with Crippen molar-refractivity contribution >= 4 is 76.5 Å². The third kappa shape index (κ3) is 6.49. The van der Waals surface area contributed by atoms with Gasteiger partial charge in [0.1, 0.15) is 9.79 Å². The molecule has 8 bridgehead atoms. The van der Waals surface area contributed by atoms with E-state index in [0.717, 1.165) is 0 Å². The molecule has 0 spiro atoms. The summed E-state index contributed by atoms with van der Waals surface area (Å²) in [6.07, 6.45) is 0.146. The highest BCUT2D eigenvalue weighted by Crippen LogP contribution is 2.38. The Kier molecular flexibility index (Phi) is 8.74. The monoisotopic (exact) mass is 684 g/mol. The van der Waals surface area contributed by atoms with E-state index in [1.807, 2.05) is 0 Å². The summed E-state index contributed by atoms with van der Waals surface area (Å²) in [5.74, 6) is -1.48. The Morgan fingerprint density at radius 3 is 1.55 bits per heavy atom. The number of aliphatic carboxylic acids is 1. The summed E-state index contributed by atoms with van der Waals surface area (Å²) < 4.78 is 75.6. The zero-order chi connectivity index (χ0) is 34.6. The number of aromatic nitrogens is 4. The highest BCUT2D eigenvalue weighted by Gasteiger charge is 2.26. The number of rotatable bonds is 8. The van der Waals surface area contributed by atoms with Crippen LogP contribution in [0.15, 0.2) is 34.1 Å². The molecule has 0 aromatic carbocycles. The van der Waals surface area contributed by atoms with Crippen molar-refractivity contribution in [1.29, 1.82) is 0 Å². The summed E-state index contributed by atoms with van der Waals surface area (Å²) in [5.41, 5.74) is 4.49. The molecule has 248 valence electrons. The van der Waals surface area contributed by atoms with E-state index in [9.17, 15) is 40.6 Å². The van der Waals surface area contributed by atoms with Crippen LogP contribution in [0.1, 0.15) is 73.4 Å². The maximum absolute atomic E-state index is 12.6. The van der Waals surface area contributed by atoms with Gasteiger partial charge in [-0.1, -0.05) is 0 Å². The van der Waals surface area contributed by atoms with Crippen LogP contribution in [0.2, 0.25) is 0 Å². The minimum Gasteiger partial charge on any atom is -0.481 e. The van der Waals surface area contributed by atoms with Gasteiger partial charge < -0.3 is 19.8 Å². The predicted octanol–water partition coefficient (Wildman–Crippen LogP) is 5.10. The average Bonchev–Trinajstić information content (AvgIpc) is 3.63. The molecule has 0 amide bonds. The van der Waals surface area contributed by atoms with Gasteiger partial charge in [0, 0.05) is 23.9 Å². The van der Waals surface area contributed by atoms with E-state index in [0.29, 0.717) is 45.1 Å². The van der Waals surface area contributed by atoms with Gasteiger partial charge in [0.25, 0.3) is 20.2 Å². The number of carbonyl (C=O) groups is 2. The van der Waals surface area contributed by atoms with Crippen molar-refractivity contribution in [3.8, 4) is 0 Å². The molecule has 14 nitrogen and oxygen atoms in total. The highest BCUT2D eigenvalue weighted by molar-refractivity contribution is 7.86. The van der Waals surface area contributed by atoms with Gasteiger partial charge in [-0.3, -0.25) is 18.7 Å². The molecule has 3 aromatic rings. The number of nitrogens with zero attached hydrogens (tertiary/aromatic N) is 2. The number of methoxy groups -OCH3 is 1. The minimum absolute atomic E-state index is 0.0168. The second kappa shape index (κ2) is 12.2. The number of aryl methyl sites for hydroxylation is 2. The second-order valence-electron chi connectivity index (χ2n) is 11.3. The third-order valence-electron chi connectivity index (χ3n) is 8.33. The van der Waals surface area contributed by atoms with Crippen LogP contribution in [0, 0.1) is 13.8 Å². The number of allylic oxidation sites excluding steroid dienone is 4. The largest absolute Gasteiger partial charge is 0.481 e. The van der Waals surface area contributed by atoms with Crippen LogP contribution in [0.3, 0.4) is 0 Å². The number of nitrogens with one attached hydrogen (secondary N) is 2. The fourth-order valence-electron chi connectivity index (χ4n) is 5.91. The van der Waals surface area contributed by atoms with Crippen LogP contribution >= 0.6 is 0 Å². The van der Waals surface area contributed by atoms with Crippen molar-refractivity contribution in [3.05, 3.63) is 58.2 Å². The summed E-state index contributed by atoms with van der Waals surface area (Å²) in [6, 6.07) is 5.95. The molecule has 0 unspecified atom stereocenters. The molecular formula is C31H32N4O10S2. The number of fused-ring (bicyclic) bond motifs is 8. The fraction of sp³-hybridized carbons (Fsp3) is 0.290. The Labute approximate surface area is 269 Å². The summed E-state index contributed by atoms with van der Waals surface area (Å²) in [6.45, 7) is 6.40. The molecule has 47 heavy (non-hydrogen) atoms. The highest BCUT2D eigenvalue weighted by atomic mass is 32.2. The van der Waals surface area contributed by atoms with Gasteiger partial charge in [-0.2, -0.15) is 16.8 Å². The molecule has 0 saturated heterocycles. The summed E-state index contributed by atoms with van der Waals surface area (Å²) in [7, 11) is -8.34. The predicted molar refractivity (Wildman–Crippen MR) is 173 cm³/mol. The van der Waals surface area contributed by atoms with E-state index in [4.69, 9.17) is 14.7 Å². The van der Waals surface area contributed by atoms with Crippen molar-refractivity contribution in [2.24, 2.45) is 0 Å². The lowest BCUT2D eigenvalue weighted by molar-refractivity contribution is -0.140. The van der Waals surface area contributed by atoms with Crippen LogP contribution in [0.4, 0.5) is 0 Å². The Balaban J connectivity index is 1.99. The third-order valence-corrected chi connectivity index (χ3v) is 10.4. The van der Waals surface area contributed by atoms with Crippen LogP contribution in [0.5, 0.6) is 0 Å². The Morgan fingerprint density at radius 1 is 0.681 bits per heavy atom. The lowest BCUT2D eigenvalue weighted by atomic mass is 9.98. The quantitative estimate of drug-likeness (QED) is 0.154. The number of carboxylic acids is 1. The molecule has 2 aliphatic rings. The zero-order valence-electron chi connectivity index (χ0n) is 26.0. The first kappa shape index (κ1) is 33.7. The molecule has 5 N–H and O–H groups in total. The number of hydrogen-bond acceptors (Lipinski definition) is 9. The number of aromatic amines is 2. The van der Waals surface area contributed by atoms with Gasteiger partial charge in [-0.25, -0.2) is 9.97 Å². The van der Waals surface area contributed by atoms with E-state index in [1.165, 1.54) is 33.1 Å². The molecule has 5 heterocycles. The molecule has 0 radical (unpaired) electrons. The Bertz CT molecular complexity index is 2330. The van der Waals surface area contributed by atoms with E-state index >= 15 is 0 Å². The molecule has 0 fully saturated rings. The summed E-state index contributed by atoms with van der Waals surface area (Å²) in [5, 5.41) is 9.44. The van der Waals surface area contributed by atoms with Gasteiger partial charge in [-0.05, 0) is 98.2 Å². The van der Waals surface area contributed by atoms with Crippen LogP contribution < -0.4 is 0 Å². The van der Waals surface area contributed by atoms with E-state index in [2.05, 4.69) is 9.97 Å².